The van der Waals surface area contributed by atoms with Crippen molar-refractivity contribution in [2.24, 2.45) is 0 Å². The van der Waals surface area contributed by atoms with E-state index in [1.54, 1.807) is 18.2 Å². The van der Waals surface area contributed by atoms with E-state index in [2.05, 4.69) is 10.2 Å². The third-order valence-electron chi connectivity index (χ3n) is 4.39. The van der Waals surface area contributed by atoms with Crippen LogP contribution < -0.4 is 5.32 Å². The molecule has 6 nitrogen and oxygen atoms in total. The Morgan fingerprint density at radius 1 is 1.08 bits per heavy atom. The number of likely N-dealkylation sites (tertiary alicyclic amines) is 1. The minimum atomic E-state index is -0.540. The second kappa shape index (κ2) is 7.90. The van der Waals surface area contributed by atoms with Gasteiger partial charge in [0.15, 0.2) is 0 Å². The summed E-state index contributed by atoms with van der Waals surface area (Å²) in [6.45, 7) is 3.06. The van der Waals surface area contributed by atoms with Crippen molar-refractivity contribution in [3.63, 3.8) is 0 Å². The van der Waals surface area contributed by atoms with Gasteiger partial charge in [-0.25, -0.2) is 0 Å². The first-order valence-corrected chi connectivity index (χ1v) is 8.49. The van der Waals surface area contributed by atoms with Crippen LogP contribution in [0.1, 0.15) is 35.2 Å². The molecule has 0 bridgehead atoms. The van der Waals surface area contributed by atoms with Gasteiger partial charge in [0.05, 0.1) is 4.92 Å². The Balaban J connectivity index is 1.71. The number of carbonyl (C=O) groups is 1. The van der Waals surface area contributed by atoms with Gasteiger partial charge < -0.3 is 5.32 Å². The molecule has 1 heterocycles. The van der Waals surface area contributed by atoms with Gasteiger partial charge in [-0.05, 0) is 49.7 Å². The fourth-order valence-corrected chi connectivity index (χ4v) is 3.15. The maximum atomic E-state index is 12.4. The van der Waals surface area contributed by atoms with E-state index in [9.17, 15) is 14.9 Å². The van der Waals surface area contributed by atoms with Crippen LogP contribution in [0, 0.1) is 10.1 Å². The molecule has 0 radical (unpaired) electrons. The third-order valence-corrected chi connectivity index (χ3v) is 4.39. The van der Waals surface area contributed by atoms with Crippen LogP contribution in [-0.4, -0.2) is 28.8 Å². The number of anilines is 1. The molecule has 1 saturated heterocycles. The van der Waals surface area contributed by atoms with E-state index in [1.807, 2.05) is 18.2 Å². The molecule has 1 aliphatic heterocycles. The zero-order valence-corrected chi connectivity index (χ0v) is 14.0. The number of hydrogen-bond acceptors (Lipinski definition) is 4. The summed E-state index contributed by atoms with van der Waals surface area (Å²) < 4.78 is 0. The lowest BCUT2D eigenvalue weighted by molar-refractivity contribution is -0.385. The van der Waals surface area contributed by atoms with Crippen molar-refractivity contribution in [2.45, 2.75) is 25.8 Å². The number of nitrogens with one attached hydrogen (secondary N) is 1. The van der Waals surface area contributed by atoms with E-state index in [4.69, 9.17) is 0 Å². The average Bonchev–Trinajstić information content (AvgIpc) is 2.63. The van der Waals surface area contributed by atoms with Gasteiger partial charge in [-0.2, -0.15) is 0 Å². The molecule has 1 fully saturated rings. The number of benzene rings is 2. The van der Waals surface area contributed by atoms with Crippen molar-refractivity contribution in [2.75, 3.05) is 18.4 Å². The zero-order chi connectivity index (χ0) is 17.6. The van der Waals surface area contributed by atoms with Crippen LogP contribution in [0.4, 0.5) is 11.4 Å². The Morgan fingerprint density at radius 3 is 2.60 bits per heavy atom. The first kappa shape index (κ1) is 17.1. The molecule has 0 aliphatic carbocycles. The molecule has 0 spiro atoms. The number of amides is 1. The van der Waals surface area contributed by atoms with Crippen molar-refractivity contribution in [3.05, 3.63) is 69.8 Å². The summed E-state index contributed by atoms with van der Waals surface area (Å²) in [6.07, 6.45) is 3.75. The van der Waals surface area contributed by atoms with E-state index in [-0.39, 0.29) is 11.3 Å². The van der Waals surface area contributed by atoms with Crippen molar-refractivity contribution < 1.29 is 9.72 Å². The summed E-state index contributed by atoms with van der Waals surface area (Å²) in [5.41, 5.74) is 1.65. The normalized spacial score (nSPS) is 14.9. The average molecular weight is 339 g/mol. The molecule has 3 rings (SSSR count). The van der Waals surface area contributed by atoms with E-state index in [0.29, 0.717) is 5.69 Å². The second-order valence-corrected chi connectivity index (χ2v) is 6.27. The highest BCUT2D eigenvalue weighted by Crippen LogP contribution is 2.21. The van der Waals surface area contributed by atoms with Crippen molar-refractivity contribution in [3.8, 4) is 0 Å². The van der Waals surface area contributed by atoms with Gasteiger partial charge in [0.25, 0.3) is 11.6 Å². The van der Waals surface area contributed by atoms with Gasteiger partial charge in [0.2, 0.25) is 0 Å². The van der Waals surface area contributed by atoms with Crippen LogP contribution in [0.3, 0.4) is 0 Å². The third kappa shape index (κ3) is 4.42. The Hall–Kier alpha value is -2.73. The Bertz CT molecular complexity index is 770. The van der Waals surface area contributed by atoms with Crippen LogP contribution in [-0.2, 0) is 6.54 Å². The van der Waals surface area contributed by atoms with Crippen molar-refractivity contribution in [1.82, 2.24) is 4.90 Å². The highest BCUT2D eigenvalue weighted by atomic mass is 16.6. The molecule has 2 aromatic carbocycles. The maximum absolute atomic E-state index is 12.4. The van der Waals surface area contributed by atoms with Crippen LogP contribution in [0.25, 0.3) is 0 Å². The standard InChI is InChI=1S/C19H21N3O3/c23-19(17-9-2-3-10-18(17)22(24)25)20-16-8-6-7-15(13-16)14-21-11-4-1-5-12-21/h2-3,6-10,13H,1,4-5,11-12,14H2,(H,20,23). The predicted molar refractivity (Wildman–Crippen MR) is 96.6 cm³/mol. The van der Waals surface area contributed by atoms with Gasteiger partial charge in [-0.15, -0.1) is 0 Å². The quantitative estimate of drug-likeness (QED) is 0.663. The highest BCUT2D eigenvalue weighted by Gasteiger charge is 2.19. The summed E-state index contributed by atoms with van der Waals surface area (Å²) in [7, 11) is 0. The van der Waals surface area contributed by atoms with Gasteiger partial charge in [0.1, 0.15) is 5.56 Å². The molecule has 0 saturated carbocycles. The van der Waals surface area contributed by atoms with E-state index >= 15 is 0 Å². The zero-order valence-electron chi connectivity index (χ0n) is 14.0. The molecule has 1 N–H and O–H groups in total. The summed E-state index contributed by atoms with van der Waals surface area (Å²) in [5.74, 6) is -0.470. The van der Waals surface area contributed by atoms with Gasteiger partial charge >= 0.3 is 0 Å². The summed E-state index contributed by atoms with van der Waals surface area (Å²) in [4.78, 5) is 25.4. The number of piperidine rings is 1. The fourth-order valence-electron chi connectivity index (χ4n) is 3.15. The number of nitrogens with zero attached hydrogens (tertiary/aromatic N) is 2. The SMILES string of the molecule is O=C(Nc1cccc(CN2CCCCC2)c1)c1ccccc1[N+](=O)[O-]. The lowest BCUT2D eigenvalue weighted by Gasteiger charge is -2.26. The van der Waals surface area contributed by atoms with Gasteiger partial charge in [-0.1, -0.05) is 30.7 Å². The lowest BCUT2D eigenvalue weighted by Crippen LogP contribution is -2.29. The molecule has 0 unspecified atom stereocenters. The summed E-state index contributed by atoms with van der Waals surface area (Å²) in [5, 5.41) is 13.8. The molecule has 1 amide bonds. The van der Waals surface area contributed by atoms with Gasteiger partial charge in [-0.3, -0.25) is 19.8 Å². The molecular weight excluding hydrogens is 318 g/mol. The molecule has 25 heavy (non-hydrogen) atoms. The number of carbonyl (C=O) groups excluding carboxylic acids is 1. The molecule has 0 atom stereocenters. The second-order valence-electron chi connectivity index (χ2n) is 6.27. The molecule has 0 aromatic heterocycles. The predicted octanol–water partition coefficient (Wildman–Crippen LogP) is 3.83. The van der Waals surface area contributed by atoms with Crippen molar-refractivity contribution in [1.29, 1.82) is 0 Å². The maximum Gasteiger partial charge on any atom is 0.282 e. The van der Waals surface area contributed by atoms with Crippen LogP contribution in [0.5, 0.6) is 0 Å². The Labute approximate surface area is 146 Å². The smallest absolute Gasteiger partial charge is 0.282 e. The minimum Gasteiger partial charge on any atom is -0.322 e. The number of nitro groups is 1. The van der Waals surface area contributed by atoms with Crippen LogP contribution in [0.2, 0.25) is 0 Å². The molecule has 1 aliphatic rings. The first-order valence-electron chi connectivity index (χ1n) is 8.49. The largest absolute Gasteiger partial charge is 0.322 e. The molecule has 6 heteroatoms. The van der Waals surface area contributed by atoms with E-state index < -0.39 is 10.8 Å². The summed E-state index contributed by atoms with van der Waals surface area (Å²) in [6, 6.07) is 13.6. The lowest BCUT2D eigenvalue weighted by atomic mass is 10.1. The molecular formula is C19H21N3O3. The van der Waals surface area contributed by atoms with Crippen molar-refractivity contribution >= 4 is 17.3 Å². The highest BCUT2D eigenvalue weighted by molar-refractivity contribution is 6.07. The molecule has 2 aromatic rings. The number of nitro benzene ring substituents is 1. The first-order chi connectivity index (χ1) is 12.1. The Morgan fingerprint density at radius 2 is 1.84 bits per heavy atom. The van der Waals surface area contributed by atoms with Crippen LogP contribution >= 0.6 is 0 Å². The Kier molecular flexibility index (Phi) is 5.40. The topological polar surface area (TPSA) is 75.5 Å². The van der Waals surface area contributed by atoms with E-state index in [0.717, 1.165) is 25.2 Å². The minimum absolute atomic E-state index is 0.0638. The van der Waals surface area contributed by atoms with Gasteiger partial charge in [0, 0.05) is 18.3 Å². The van der Waals surface area contributed by atoms with Crippen LogP contribution in [0.15, 0.2) is 48.5 Å². The number of hydrogen-bond donors (Lipinski definition) is 1. The molecule has 130 valence electrons. The summed E-state index contributed by atoms with van der Waals surface area (Å²) >= 11 is 0. The van der Waals surface area contributed by atoms with E-state index in [1.165, 1.54) is 31.4 Å². The number of para-hydroxylation sites is 1. The fraction of sp³-hybridized carbons (Fsp3) is 0.316. The number of rotatable bonds is 5. The monoisotopic (exact) mass is 339 g/mol.